The molecule has 1 unspecified atom stereocenters. The second-order valence-electron chi connectivity index (χ2n) is 2.98. The van der Waals surface area contributed by atoms with Crippen LogP contribution in [0.3, 0.4) is 0 Å². The third-order valence-corrected chi connectivity index (χ3v) is 1.56. The molecular formula is C7H12F2N4O. The van der Waals surface area contributed by atoms with Gasteiger partial charge in [-0.05, 0) is 6.92 Å². The first-order valence-electron chi connectivity index (χ1n) is 4.09. The zero-order valence-electron chi connectivity index (χ0n) is 7.94. The van der Waals surface area contributed by atoms with Crippen molar-refractivity contribution in [3.63, 3.8) is 0 Å². The third kappa shape index (κ3) is 2.63. The van der Waals surface area contributed by atoms with E-state index < -0.39 is 19.0 Å². The molecule has 0 aliphatic heterocycles. The predicted octanol–water partition coefficient (Wildman–Crippen LogP) is 0.791. The number of alkyl halides is 2. The van der Waals surface area contributed by atoms with Crippen LogP contribution in [0, 0.1) is 0 Å². The van der Waals surface area contributed by atoms with E-state index in [1.54, 1.807) is 6.92 Å². The number of hydrogen-bond donors (Lipinski definition) is 1. The van der Waals surface area contributed by atoms with Crippen molar-refractivity contribution >= 4 is 6.01 Å². The molecule has 0 saturated heterocycles. The summed E-state index contributed by atoms with van der Waals surface area (Å²) in [4.78, 5) is 1.18. The second-order valence-corrected chi connectivity index (χ2v) is 2.98. The van der Waals surface area contributed by atoms with E-state index in [4.69, 9.17) is 10.2 Å². The van der Waals surface area contributed by atoms with Crippen LogP contribution in [0.5, 0.6) is 0 Å². The van der Waals surface area contributed by atoms with Crippen LogP contribution in [-0.4, -0.2) is 30.2 Å². The van der Waals surface area contributed by atoms with Gasteiger partial charge in [0.05, 0.1) is 12.6 Å². The van der Waals surface area contributed by atoms with Gasteiger partial charge in [0, 0.05) is 7.05 Å². The Morgan fingerprint density at radius 3 is 2.57 bits per heavy atom. The van der Waals surface area contributed by atoms with Gasteiger partial charge in [0.15, 0.2) is 0 Å². The minimum Gasteiger partial charge on any atom is -0.406 e. The lowest BCUT2D eigenvalue weighted by atomic mass is 10.4. The van der Waals surface area contributed by atoms with Crippen LogP contribution in [0.15, 0.2) is 4.42 Å². The van der Waals surface area contributed by atoms with Crippen LogP contribution in [0.4, 0.5) is 14.8 Å². The molecule has 1 aromatic heterocycles. The van der Waals surface area contributed by atoms with Gasteiger partial charge in [0.1, 0.15) is 0 Å². The van der Waals surface area contributed by atoms with Gasteiger partial charge in [0.25, 0.3) is 6.43 Å². The SMILES string of the molecule is CC(N)c1nnc(N(C)CC(F)F)o1. The fraction of sp³-hybridized carbons (Fsp3) is 0.714. The number of aromatic nitrogens is 2. The molecule has 5 nitrogen and oxygen atoms in total. The van der Waals surface area contributed by atoms with Crippen molar-refractivity contribution in [3.8, 4) is 0 Å². The molecule has 7 heteroatoms. The molecule has 0 radical (unpaired) electrons. The number of rotatable bonds is 4. The average Bonchev–Trinajstić information content (AvgIpc) is 2.50. The topological polar surface area (TPSA) is 68.2 Å². The summed E-state index contributed by atoms with van der Waals surface area (Å²) in [5, 5.41) is 7.20. The predicted molar refractivity (Wildman–Crippen MR) is 46.2 cm³/mol. The van der Waals surface area contributed by atoms with Crippen LogP contribution in [0.1, 0.15) is 18.9 Å². The van der Waals surface area contributed by atoms with E-state index in [1.807, 2.05) is 0 Å². The molecule has 0 aliphatic rings. The maximum absolute atomic E-state index is 12.0. The normalized spacial score (nSPS) is 13.3. The lowest BCUT2D eigenvalue weighted by molar-refractivity contribution is 0.155. The standard InChI is InChI=1S/C7H12F2N4O/c1-4(10)6-11-12-7(14-6)13(2)3-5(8)9/h4-5H,3,10H2,1-2H3. The van der Waals surface area contributed by atoms with Crippen molar-refractivity contribution in [2.45, 2.75) is 19.4 Å². The molecule has 0 fully saturated rings. The summed E-state index contributed by atoms with van der Waals surface area (Å²) in [6, 6.07) is -0.339. The maximum atomic E-state index is 12.0. The highest BCUT2D eigenvalue weighted by Crippen LogP contribution is 2.15. The maximum Gasteiger partial charge on any atom is 0.318 e. The Hall–Kier alpha value is -1.24. The van der Waals surface area contributed by atoms with E-state index in [0.29, 0.717) is 0 Å². The Morgan fingerprint density at radius 1 is 1.50 bits per heavy atom. The molecule has 1 heterocycles. The van der Waals surface area contributed by atoms with Gasteiger partial charge in [-0.15, -0.1) is 5.10 Å². The molecule has 0 bridgehead atoms. The van der Waals surface area contributed by atoms with Crippen LogP contribution >= 0.6 is 0 Å². The van der Waals surface area contributed by atoms with Crippen molar-refractivity contribution < 1.29 is 13.2 Å². The minimum atomic E-state index is -2.44. The molecule has 0 amide bonds. The summed E-state index contributed by atoms with van der Waals surface area (Å²) in [5.41, 5.74) is 5.47. The Bertz CT molecular complexity index is 289. The molecule has 0 aromatic carbocycles. The lowest BCUT2D eigenvalue weighted by Gasteiger charge is -2.12. The minimum absolute atomic E-state index is 0.0533. The van der Waals surface area contributed by atoms with E-state index in [9.17, 15) is 8.78 Å². The van der Waals surface area contributed by atoms with Gasteiger partial charge >= 0.3 is 6.01 Å². The third-order valence-electron chi connectivity index (χ3n) is 1.56. The van der Waals surface area contributed by atoms with Crippen molar-refractivity contribution in [1.82, 2.24) is 10.2 Å². The van der Waals surface area contributed by atoms with Gasteiger partial charge in [-0.1, -0.05) is 5.10 Å². The van der Waals surface area contributed by atoms with Gasteiger partial charge in [-0.25, -0.2) is 8.78 Å². The Labute approximate surface area is 79.9 Å². The largest absolute Gasteiger partial charge is 0.406 e. The number of hydrogen-bond acceptors (Lipinski definition) is 5. The highest BCUT2D eigenvalue weighted by atomic mass is 19.3. The van der Waals surface area contributed by atoms with E-state index in [0.717, 1.165) is 0 Å². The Morgan fingerprint density at radius 2 is 2.14 bits per heavy atom. The summed E-state index contributed by atoms with van der Waals surface area (Å²) in [6.45, 7) is 1.23. The van der Waals surface area contributed by atoms with Gasteiger partial charge in [-0.2, -0.15) is 0 Å². The fourth-order valence-electron chi connectivity index (χ4n) is 0.850. The molecule has 1 atom stereocenters. The highest BCUT2D eigenvalue weighted by Gasteiger charge is 2.16. The van der Waals surface area contributed by atoms with E-state index in [1.165, 1.54) is 11.9 Å². The zero-order chi connectivity index (χ0) is 10.7. The van der Waals surface area contributed by atoms with Crippen LogP contribution in [0.25, 0.3) is 0 Å². The molecule has 0 saturated carbocycles. The van der Waals surface area contributed by atoms with Crippen LogP contribution in [-0.2, 0) is 0 Å². The van der Waals surface area contributed by atoms with Crippen LogP contribution < -0.4 is 10.6 Å². The van der Waals surface area contributed by atoms with Crippen molar-refractivity contribution in [3.05, 3.63) is 5.89 Å². The lowest BCUT2D eigenvalue weighted by Crippen LogP contribution is -2.24. The second kappa shape index (κ2) is 4.32. The summed E-state index contributed by atoms with van der Waals surface area (Å²) in [5.74, 6) is 0.237. The molecule has 14 heavy (non-hydrogen) atoms. The van der Waals surface area contributed by atoms with E-state index in [2.05, 4.69) is 10.2 Å². The zero-order valence-corrected chi connectivity index (χ0v) is 7.94. The summed E-state index contributed by atoms with van der Waals surface area (Å²) in [7, 11) is 1.45. The van der Waals surface area contributed by atoms with E-state index >= 15 is 0 Å². The molecule has 80 valence electrons. The number of nitrogens with two attached hydrogens (primary N) is 1. The average molecular weight is 206 g/mol. The first kappa shape index (κ1) is 10.8. The molecule has 1 rings (SSSR count). The highest BCUT2D eigenvalue weighted by molar-refractivity contribution is 5.22. The van der Waals surface area contributed by atoms with Crippen LogP contribution in [0.2, 0.25) is 0 Å². The number of anilines is 1. The summed E-state index contributed by atoms with van der Waals surface area (Å²) in [6.07, 6.45) is -2.44. The molecule has 2 N–H and O–H groups in total. The molecule has 0 aliphatic carbocycles. The van der Waals surface area contributed by atoms with Gasteiger partial charge < -0.3 is 15.1 Å². The first-order chi connectivity index (χ1) is 6.50. The van der Waals surface area contributed by atoms with Crippen molar-refractivity contribution in [2.24, 2.45) is 5.73 Å². The molecular weight excluding hydrogens is 194 g/mol. The smallest absolute Gasteiger partial charge is 0.318 e. The van der Waals surface area contributed by atoms with Gasteiger partial charge in [0.2, 0.25) is 5.89 Å². The van der Waals surface area contributed by atoms with Gasteiger partial charge in [-0.3, -0.25) is 0 Å². The molecule has 0 spiro atoms. The number of halogens is 2. The number of nitrogens with zero attached hydrogens (tertiary/aromatic N) is 3. The first-order valence-corrected chi connectivity index (χ1v) is 4.09. The van der Waals surface area contributed by atoms with Crippen molar-refractivity contribution in [1.29, 1.82) is 0 Å². The fourth-order valence-corrected chi connectivity index (χ4v) is 0.850. The van der Waals surface area contributed by atoms with E-state index in [-0.39, 0.29) is 11.9 Å². The quantitative estimate of drug-likeness (QED) is 0.788. The molecule has 1 aromatic rings. The Kier molecular flexibility index (Phi) is 3.34. The summed E-state index contributed by atoms with van der Waals surface area (Å²) < 4.78 is 29.0. The summed E-state index contributed by atoms with van der Waals surface area (Å²) >= 11 is 0. The Balaban J connectivity index is 2.66. The monoisotopic (exact) mass is 206 g/mol. The van der Waals surface area contributed by atoms with Crippen molar-refractivity contribution in [2.75, 3.05) is 18.5 Å².